The third-order valence-corrected chi connectivity index (χ3v) is 2.81. The average molecular weight is 257 g/mol. The minimum absolute atomic E-state index is 0.136. The van der Waals surface area contributed by atoms with E-state index in [2.05, 4.69) is 15.3 Å². The molecule has 6 heteroatoms. The maximum Gasteiger partial charge on any atom is 0.260 e. The molecule has 0 amide bonds. The number of alkyl halides is 2. The molecule has 1 aliphatic rings. The zero-order chi connectivity index (χ0) is 13.2. The number of rotatable bonds is 3. The number of ether oxygens (including phenoxy) is 1. The first-order valence-corrected chi connectivity index (χ1v) is 5.98. The van der Waals surface area contributed by atoms with E-state index in [-0.39, 0.29) is 25.5 Å². The van der Waals surface area contributed by atoms with Crippen LogP contribution < -0.4 is 10.1 Å². The number of aromatic nitrogens is 2. The molecule has 2 heterocycles. The Morgan fingerprint density at radius 1 is 1.44 bits per heavy atom. The molecule has 2 rings (SSSR count). The lowest BCUT2D eigenvalue weighted by Gasteiger charge is -2.29. The summed E-state index contributed by atoms with van der Waals surface area (Å²) in [7, 11) is 0. The summed E-state index contributed by atoms with van der Waals surface area (Å²) in [5, 5.41) is 2.72. The summed E-state index contributed by atoms with van der Waals surface area (Å²) in [5.41, 5.74) is 0.810. The molecule has 1 aromatic rings. The molecule has 0 radical (unpaired) electrons. The molecule has 0 saturated carbocycles. The first kappa shape index (κ1) is 13.1. The van der Waals surface area contributed by atoms with Crippen molar-refractivity contribution in [3.05, 3.63) is 17.6 Å². The third kappa shape index (κ3) is 3.60. The van der Waals surface area contributed by atoms with Crippen molar-refractivity contribution in [1.29, 1.82) is 0 Å². The Morgan fingerprint density at radius 3 is 2.89 bits per heavy atom. The van der Waals surface area contributed by atoms with E-state index in [4.69, 9.17) is 4.74 Å². The molecule has 0 aromatic carbocycles. The Kier molecular flexibility index (Phi) is 3.75. The topological polar surface area (TPSA) is 47.0 Å². The van der Waals surface area contributed by atoms with Crippen LogP contribution in [0.25, 0.3) is 0 Å². The molecule has 1 atom stereocenters. The quantitative estimate of drug-likeness (QED) is 0.895. The molecule has 1 fully saturated rings. The Bertz CT molecular complexity index is 406. The fourth-order valence-electron chi connectivity index (χ4n) is 2.10. The van der Waals surface area contributed by atoms with E-state index in [0.29, 0.717) is 18.2 Å². The Hall–Kier alpha value is -1.30. The van der Waals surface area contributed by atoms with Crippen LogP contribution in [0.2, 0.25) is 0 Å². The average Bonchev–Trinajstić information content (AvgIpc) is 2.24. The summed E-state index contributed by atoms with van der Waals surface area (Å²) in [6, 6.07) is 1.71. The second-order valence-electron chi connectivity index (χ2n) is 4.76. The molecule has 0 bridgehead atoms. The largest absolute Gasteiger partial charge is 0.477 e. The normalized spacial score (nSPS) is 22.8. The molecular weight excluding hydrogens is 240 g/mol. The molecule has 0 spiro atoms. The van der Waals surface area contributed by atoms with Crippen LogP contribution in [0.4, 0.5) is 8.78 Å². The van der Waals surface area contributed by atoms with Gasteiger partial charge in [0.25, 0.3) is 5.92 Å². The second kappa shape index (κ2) is 5.14. The molecule has 1 unspecified atom stereocenters. The van der Waals surface area contributed by atoms with Crippen LogP contribution in [-0.2, 0) is 0 Å². The molecule has 1 aliphatic heterocycles. The van der Waals surface area contributed by atoms with E-state index in [0.717, 1.165) is 5.69 Å². The predicted octanol–water partition coefficient (Wildman–Crippen LogP) is 1.72. The molecule has 4 nitrogen and oxygen atoms in total. The molecule has 1 aromatic heterocycles. The van der Waals surface area contributed by atoms with Crippen molar-refractivity contribution in [2.45, 2.75) is 26.2 Å². The summed E-state index contributed by atoms with van der Waals surface area (Å²) >= 11 is 0. The third-order valence-electron chi connectivity index (χ3n) is 2.81. The molecule has 1 saturated heterocycles. The van der Waals surface area contributed by atoms with Gasteiger partial charge in [0.1, 0.15) is 5.82 Å². The number of hydrogen-bond donors (Lipinski definition) is 1. The maximum absolute atomic E-state index is 13.2. The summed E-state index contributed by atoms with van der Waals surface area (Å²) in [6.07, 6.45) is -0.136. The van der Waals surface area contributed by atoms with Crippen molar-refractivity contribution in [3.8, 4) is 5.88 Å². The molecule has 18 heavy (non-hydrogen) atoms. The van der Waals surface area contributed by atoms with Gasteiger partial charge in [-0.2, -0.15) is 4.98 Å². The Morgan fingerprint density at radius 2 is 2.22 bits per heavy atom. The first-order chi connectivity index (χ1) is 8.44. The first-order valence-electron chi connectivity index (χ1n) is 5.98. The van der Waals surface area contributed by atoms with Crippen LogP contribution in [0.3, 0.4) is 0 Å². The lowest BCUT2D eigenvalue weighted by Crippen LogP contribution is -2.45. The Labute approximate surface area is 105 Å². The van der Waals surface area contributed by atoms with E-state index >= 15 is 0 Å². The highest BCUT2D eigenvalue weighted by Gasteiger charge is 2.36. The lowest BCUT2D eigenvalue weighted by atomic mass is 9.98. The van der Waals surface area contributed by atoms with E-state index in [1.807, 2.05) is 6.92 Å². The van der Waals surface area contributed by atoms with Crippen LogP contribution in [0, 0.1) is 19.8 Å². The zero-order valence-corrected chi connectivity index (χ0v) is 10.5. The Balaban J connectivity index is 1.91. The van der Waals surface area contributed by atoms with Gasteiger partial charge >= 0.3 is 0 Å². The van der Waals surface area contributed by atoms with Crippen molar-refractivity contribution in [2.24, 2.45) is 5.92 Å². The minimum atomic E-state index is -2.64. The van der Waals surface area contributed by atoms with Crippen LogP contribution >= 0.6 is 0 Å². The van der Waals surface area contributed by atoms with Crippen LogP contribution in [0.5, 0.6) is 5.88 Å². The van der Waals surface area contributed by atoms with Gasteiger partial charge in [0.2, 0.25) is 5.88 Å². The fourth-order valence-corrected chi connectivity index (χ4v) is 2.10. The summed E-state index contributed by atoms with van der Waals surface area (Å²) < 4.78 is 31.8. The van der Waals surface area contributed by atoms with Crippen LogP contribution in [0.1, 0.15) is 17.9 Å². The number of nitrogens with zero attached hydrogens (tertiary/aromatic N) is 2. The van der Waals surface area contributed by atoms with Crippen molar-refractivity contribution in [2.75, 3.05) is 19.7 Å². The highest BCUT2D eigenvalue weighted by Crippen LogP contribution is 2.26. The number of hydrogen-bond acceptors (Lipinski definition) is 4. The SMILES string of the molecule is Cc1cc(OCC2CNCC(F)(F)C2)nc(C)n1. The van der Waals surface area contributed by atoms with Crippen molar-refractivity contribution in [1.82, 2.24) is 15.3 Å². The monoisotopic (exact) mass is 257 g/mol. The van der Waals surface area contributed by atoms with Crippen molar-refractivity contribution >= 4 is 0 Å². The summed E-state index contributed by atoms with van der Waals surface area (Å²) in [4.78, 5) is 8.24. The van der Waals surface area contributed by atoms with Gasteiger partial charge in [0.05, 0.1) is 13.2 Å². The van der Waals surface area contributed by atoms with Gasteiger partial charge in [-0.05, 0) is 13.8 Å². The van der Waals surface area contributed by atoms with Crippen LogP contribution in [-0.4, -0.2) is 35.6 Å². The van der Waals surface area contributed by atoms with Crippen LogP contribution in [0.15, 0.2) is 6.07 Å². The fraction of sp³-hybridized carbons (Fsp3) is 0.667. The molecule has 1 N–H and O–H groups in total. The smallest absolute Gasteiger partial charge is 0.260 e. The zero-order valence-electron chi connectivity index (χ0n) is 10.5. The molecule has 0 aliphatic carbocycles. The highest BCUT2D eigenvalue weighted by atomic mass is 19.3. The molecular formula is C12H17F2N3O. The van der Waals surface area contributed by atoms with Gasteiger partial charge in [-0.25, -0.2) is 13.8 Å². The number of aryl methyl sites for hydroxylation is 2. The van der Waals surface area contributed by atoms with E-state index in [1.54, 1.807) is 13.0 Å². The number of nitrogens with one attached hydrogen (secondary N) is 1. The van der Waals surface area contributed by atoms with E-state index in [1.165, 1.54) is 0 Å². The summed E-state index contributed by atoms with van der Waals surface area (Å²) in [5.74, 6) is -1.75. The summed E-state index contributed by atoms with van der Waals surface area (Å²) in [6.45, 7) is 4.18. The number of halogens is 2. The van der Waals surface area contributed by atoms with Crippen molar-refractivity contribution < 1.29 is 13.5 Å². The highest BCUT2D eigenvalue weighted by molar-refractivity contribution is 5.14. The van der Waals surface area contributed by atoms with Gasteiger partial charge in [-0.15, -0.1) is 0 Å². The van der Waals surface area contributed by atoms with Crippen molar-refractivity contribution in [3.63, 3.8) is 0 Å². The van der Waals surface area contributed by atoms with Gasteiger partial charge in [-0.1, -0.05) is 0 Å². The standard InChI is InChI=1S/C12H17F2N3O/c1-8-3-11(17-9(2)16-8)18-6-10-4-12(13,14)7-15-5-10/h3,10,15H,4-7H2,1-2H3. The van der Waals surface area contributed by atoms with Gasteiger partial charge < -0.3 is 10.1 Å². The van der Waals surface area contributed by atoms with Gasteiger partial charge in [0, 0.05) is 30.6 Å². The number of piperidine rings is 1. The second-order valence-corrected chi connectivity index (χ2v) is 4.76. The maximum atomic E-state index is 13.2. The van der Waals surface area contributed by atoms with E-state index < -0.39 is 5.92 Å². The van der Waals surface area contributed by atoms with E-state index in [9.17, 15) is 8.78 Å². The minimum Gasteiger partial charge on any atom is -0.477 e. The predicted molar refractivity (Wildman–Crippen MR) is 62.9 cm³/mol. The lowest BCUT2D eigenvalue weighted by molar-refractivity contribution is -0.0458. The van der Waals surface area contributed by atoms with Gasteiger partial charge in [0.15, 0.2) is 0 Å². The molecule has 100 valence electrons. The van der Waals surface area contributed by atoms with Gasteiger partial charge in [-0.3, -0.25) is 0 Å².